The summed E-state index contributed by atoms with van der Waals surface area (Å²) in [5, 5.41) is 6.76. The zero-order valence-electron chi connectivity index (χ0n) is 13.4. The number of amides is 1. The van der Waals surface area contributed by atoms with E-state index in [-0.39, 0.29) is 11.8 Å². The number of nitrogens with zero attached hydrogens (tertiary/aromatic N) is 3. The number of esters is 1. The molecule has 0 saturated carbocycles. The van der Waals surface area contributed by atoms with Crippen LogP contribution in [0.15, 0.2) is 36.9 Å². The van der Waals surface area contributed by atoms with Gasteiger partial charge in [0.25, 0.3) is 5.91 Å². The Labute approximate surface area is 134 Å². The maximum Gasteiger partial charge on any atom is 0.328 e. The van der Waals surface area contributed by atoms with Crippen molar-refractivity contribution in [2.75, 3.05) is 7.11 Å². The first kappa shape index (κ1) is 16.7. The zero-order chi connectivity index (χ0) is 16.8. The normalized spacial score (nSPS) is 12.0. The van der Waals surface area contributed by atoms with Gasteiger partial charge in [-0.2, -0.15) is 5.10 Å². The molecule has 0 aliphatic carbocycles. The highest BCUT2D eigenvalue weighted by atomic mass is 16.5. The fourth-order valence-electron chi connectivity index (χ4n) is 2.20. The quantitative estimate of drug-likeness (QED) is 0.818. The second-order valence-electron chi connectivity index (χ2n) is 5.57. The third-order valence-corrected chi connectivity index (χ3v) is 3.29. The van der Waals surface area contributed by atoms with Gasteiger partial charge in [-0.25, -0.2) is 14.5 Å². The van der Waals surface area contributed by atoms with Crippen molar-refractivity contribution >= 4 is 11.9 Å². The van der Waals surface area contributed by atoms with Gasteiger partial charge in [-0.1, -0.05) is 19.9 Å². The highest BCUT2D eigenvalue weighted by Gasteiger charge is 2.23. The van der Waals surface area contributed by atoms with Crippen molar-refractivity contribution in [3.8, 4) is 5.69 Å². The van der Waals surface area contributed by atoms with Gasteiger partial charge in [0, 0.05) is 5.56 Å². The second-order valence-corrected chi connectivity index (χ2v) is 5.57. The number of nitrogens with one attached hydrogen (secondary N) is 1. The van der Waals surface area contributed by atoms with Crippen LogP contribution in [0.3, 0.4) is 0 Å². The summed E-state index contributed by atoms with van der Waals surface area (Å²) in [5.41, 5.74) is 1.16. The van der Waals surface area contributed by atoms with Crippen LogP contribution in [0.5, 0.6) is 0 Å². The zero-order valence-corrected chi connectivity index (χ0v) is 13.4. The molecule has 23 heavy (non-hydrogen) atoms. The maximum atomic E-state index is 12.4. The van der Waals surface area contributed by atoms with E-state index in [0.29, 0.717) is 17.7 Å². The fraction of sp³-hybridized carbons (Fsp3) is 0.375. The molecule has 7 nitrogen and oxygen atoms in total. The summed E-state index contributed by atoms with van der Waals surface area (Å²) in [6.07, 6.45) is 3.48. The van der Waals surface area contributed by atoms with Crippen LogP contribution in [0.4, 0.5) is 0 Å². The molecule has 1 amide bonds. The molecule has 122 valence electrons. The summed E-state index contributed by atoms with van der Waals surface area (Å²) < 4.78 is 6.31. The summed E-state index contributed by atoms with van der Waals surface area (Å²) in [5.74, 6) is -0.525. The van der Waals surface area contributed by atoms with Crippen molar-refractivity contribution in [1.82, 2.24) is 20.1 Å². The molecule has 1 N–H and O–H groups in total. The van der Waals surface area contributed by atoms with Gasteiger partial charge in [-0.15, -0.1) is 0 Å². The number of ether oxygens (including phenoxy) is 1. The molecular formula is C16H20N4O3. The molecule has 0 aliphatic rings. The average molecular weight is 316 g/mol. The monoisotopic (exact) mass is 316 g/mol. The Morgan fingerprint density at radius 3 is 2.74 bits per heavy atom. The number of carbonyl (C=O) groups excluding carboxylic acids is 2. The van der Waals surface area contributed by atoms with Gasteiger partial charge in [0.05, 0.1) is 12.8 Å². The minimum absolute atomic E-state index is 0.251. The van der Waals surface area contributed by atoms with Crippen molar-refractivity contribution in [2.24, 2.45) is 5.92 Å². The number of aromatic nitrogens is 3. The molecule has 1 aromatic carbocycles. The summed E-state index contributed by atoms with van der Waals surface area (Å²) in [6, 6.07) is 6.27. The van der Waals surface area contributed by atoms with Gasteiger partial charge >= 0.3 is 5.97 Å². The van der Waals surface area contributed by atoms with Crippen molar-refractivity contribution in [2.45, 2.75) is 26.3 Å². The predicted octanol–water partition coefficient (Wildman–Crippen LogP) is 1.58. The number of carbonyl (C=O) groups is 2. The van der Waals surface area contributed by atoms with Crippen LogP contribution in [0.1, 0.15) is 30.6 Å². The third kappa shape index (κ3) is 4.38. The first-order valence-electron chi connectivity index (χ1n) is 7.35. The van der Waals surface area contributed by atoms with E-state index in [1.165, 1.54) is 13.4 Å². The molecule has 0 saturated heterocycles. The molecule has 0 bridgehead atoms. The molecule has 0 spiro atoms. The van der Waals surface area contributed by atoms with Crippen molar-refractivity contribution < 1.29 is 14.3 Å². The van der Waals surface area contributed by atoms with Crippen LogP contribution in [0, 0.1) is 5.92 Å². The predicted molar refractivity (Wildman–Crippen MR) is 84.1 cm³/mol. The molecule has 1 unspecified atom stereocenters. The lowest BCUT2D eigenvalue weighted by atomic mass is 10.0. The minimum Gasteiger partial charge on any atom is -0.467 e. The van der Waals surface area contributed by atoms with Gasteiger partial charge in [0.15, 0.2) is 0 Å². The smallest absolute Gasteiger partial charge is 0.328 e. The van der Waals surface area contributed by atoms with E-state index >= 15 is 0 Å². The number of benzene rings is 1. The molecular weight excluding hydrogens is 296 g/mol. The molecule has 2 aromatic rings. The second kappa shape index (κ2) is 7.53. The fourth-order valence-corrected chi connectivity index (χ4v) is 2.20. The van der Waals surface area contributed by atoms with Crippen LogP contribution >= 0.6 is 0 Å². The van der Waals surface area contributed by atoms with E-state index in [0.717, 1.165) is 0 Å². The molecule has 1 heterocycles. The third-order valence-electron chi connectivity index (χ3n) is 3.29. The highest BCUT2D eigenvalue weighted by Crippen LogP contribution is 2.11. The van der Waals surface area contributed by atoms with E-state index in [1.807, 2.05) is 19.9 Å². The first-order valence-corrected chi connectivity index (χ1v) is 7.35. The van der Waals surface area contributed by atoms with Crippen LogP contribution in [-0.2, 0) is 9.53 Å². The molecule has 0 fully saturated rings. The van der Waals surface area contributed by atoms with E-state index in [2.05, 4.69) is 15.4 Å². The van der Waals surface area contributed by atoms with Gasteiger partial charge in [0.1, 0.15) is 18.7 Å². The first-order chi connectivity index (χ1) is 11.0. The Morgan fingerprint density at radius 2 is 2.13 bits per heavy atom. The van der Waals surface area contributed by atoms with Crippen molar-refractivity contribution in [3.05, 3.63) is 42.5 Å². The van der Waals surface area contributed by atoms with Crippen molar-refractivity contribution in [1.29, 1.82) is 0 Å². The largest absolute Gasteiger partial charge is 0.467 e. The summed E-state index contributed by atoms with van der Waals surface area (Å²) in [6.45, 7) is 3.96. The average Bonchev–Trinajstić information content (AvgIpc) is 3.07. The Kier molecular flexibility index (Phi) is 5.46. The minimum atomic E-state index is -0.664. The Morgan fingerprint density at radius 1 is 1.35 bits per heavy atom. The lowest BCUT2D eigenvalue weighted by Gasteiger charge is -2.18. The van der Waals surface area contributed by atoms with Gasteiger partial charge in [-0.3, -0.25) is 4.79 Å². The topological polar surface area (TPSA) is 86.1 Å². The lowest BCUT2D eigenvalue weighted by Crippen LogP contribution is -2.42. The Balaban J connectivity index is 2.16. The van der Waals surface area contributed by atoms with E-state index < -0.39 is 12.0 Å². The lowest BCUT2D eigenvalue weighted by molar-refractivity contribution is -0.143. The van der Waals surface area contributed by atoms with Gasteiger partial charge in [0.2, 0.25) is 0 Å². The number of rotatable bonds is 6. The van der Waals surface area contributed by atoms with E-state index in [1.54, 1.807) is 29.2 Å². The SMILES string of the molecule is COC(=O)C(CC(C)C)NC(=O)c1cccc(-n2cncn2)c1. The van der Waals surface area contributed by atoms with Crippen LogP contribution < -0.4 is 5.32 Å². The van der Waals surface area contributed by atoms with Crippen LogP contribution in [0.25, 0.3) is 5.69 Å². The summed E-state index contributed by atoms with van der Waals surface area (Å²) >= 11 is 0. The van der Waals surface area contributed by atoms with Crippen LogP contribution in [-0.4, -0.2) is 39.8 Å². The number of hydrogen-bond donors (Lipinski definition) is 1. The van der Waals surface area contributed by atoms with Crippen molar-refractivity contribution in [3.63, 3.8) is 0 Å². The number of hydrogen-bond acceptors (Lipinski definition) is 5. The highest BCUT2D eigenvalue weighted by molar-refractivity contribution is 5.97. The molecule has 1 atom stereocenters. The summed E-state index contributed by atoms with van der Waals surface area (Å²) in [4.78, 5) is 28.1. The van der Waals surface area contributed by atoms with E-state index in [4.69, 9.17) is 4.74 Å². The van der Waals surface area contributed by atoms with Gasteiger partial charge in [-0.05, 0) is 30.5 Å². The number of methoxy groups -OCH3 is 1. The molecule has 0 aliphatic heterocycles. The molecule has 1 aromatic heterocycles. The standard InChI is InChI=1S/C16H20N4O3/c1-11(2)7-14(16(22)23-3)19-15(21)12-5-4-6-13(8-12)20-10-17-9-18-20/h4-6,8-11,14H,7H2,1-3H3,(H,19,21). The molecule has 0 radical (unpaired) electrons. The Bertz CT molecular complexity index is 668. The Hall–Kier alpha value is -2.70. The van der Waals surface area contributed by atoms with Gasteiger partial charge < -0.3 is 10.1 Å². The maximum absolute atomic E-state index is 12.4. The van der Waals surface area contributed by atoms with E-state index in [9.17, 15) is 9.59 Å². The van der Waals surface area contributed by atoms with Crippen LogP contribution in [0.2, 0.25) is 0 Å². The summed E-state index contributed by atoms with van der Waals surface area (Å²) in [7, 11) is 1.31. The molecule has 7 heteroatoms. The molecule has 2 rings (SSSR count).